The summed E-state index contributed by atoms with van der Waals surface area (Å²) in [7, 11) is 0. The molecule has 324 valence electrons. The largest absolute Gasteiger partial charge is 0.354 e. The van der Waals surface area contributed by atoms with Gasteiger partial charge in [-0.05, 0) is 209 Å². The number of hydrogen-bond acceptors (Lipinski definition) is 3. The van der Waals surface area contributed by atoms with Crippen LogP contribution in [0.4, 0.5) is 34.1 Å². The van der Waals surface area contributed by atoms with Crippen LogP contribution in [0, 0.1) is 68.2 Å². The second kappa shape index (κ2) is 17.7. The van der Waals surface area contributed by atoms with Crippen molar-refractivity contribution in [2.24, 2.45) is 0 Å². The molecule has 0 saturated heterocycles. The van der Waals surface area contributed by atoms with Crippen LogP contribution in [-0.2, 0) is 0 Å². The number of fused-ring (bicyclic) bond motifs is 1. The SMILES string of the molecule is CCC(C)(C)N(c1ccc([C+](c2ccc(N(c3c(C)cc(C)cc3C)C(C)(C)CC)cc2)c2ccc(Nc3c(C)cc(C)cc3C)c3ccccc23)cc1)c1c(C)cc(C)cc1C. The molecule has 3 nitrogen and oxygen atoms in total. The van der Waals surface area contributed by atoms with Crippen LogP contribution in [0.2, 0.25) is 0 Å². The topological polar surface area (TPSA) is 18.5 Å². The quantitative estimate of drug-likeness (QED) is 0.0922. The predicted octanol–water partition coefficient (Wildman–Crippen LogP) is 17.0. The summed E-state index contributed by atoms with van der Waals surface area (Å²) in [5.41, 5.74) is 22.2. The van der Waals surface area contributed by atoms with Gasteiger partial charge < -0.3 is 15.1 Å². The molecule has 7 rings (SSSR count). The second-order valence-corrected chi connectivity index (χ2v) is 19.6. The molecular formula is C60H70N3+. The van der Waals surface area contributed by atoms with E-state index in [9.17, 15) is 0 Å². The summed E-state index contributed by atoms with van der Waals surface area (Å²) < 4.78 is 0. The van der Waals surface area contributed by atoms with Gasteiger partial charge in [-0.15, -0.1) is 0 Å². The van der Waals surface area contributed by atoms with Crippen molar-refractivity contribution in [3.63, 3.8) is 0 Å². The van der Waals surface area contributed by atoms with Crippen molar-refractivity contribution in [2.75, 3.05) is 15.1 Å². The number of rotatable bonds is 13. The lowest BCUT2D eigenvalue weighted by Gasteiger charge is -2.42. The summed E-state index contributed by atoms with van der Waals surface area (Å²) in [5.74, 6) is 1.21. The second-order valence-electron chi connectivity index (χ2n) is 19.6. The van der Waals surface area contributed by atoms with Gasteiger partial charge in [0.2, 0.25) is 0 Å². The maximum Gasteiger partial charge on any atom is 0.0638 e. The molecule has 0 spiro atoms. The third kappa shape index (κ3) is 8.85. The number of hydrogen-bond donors (Lipinski definition) is 1. The number of aryl methyl sites for hydroxylation is 9. The molecule has 0 amide bonds. The van der Waals surface area contributed by atoms with Gasteiger partial charge in [0.05, 0.1) is 39.7 Å². The Morgan fingerprint density at radius 3 is 1.19 bits per heavy atom. The molecule has 0 unspecified atom stereocenters. The maximum absolute atomic E-state index is 3.87. The first kappa shape index (κ1) is 45.1. The number of anilines is 6. The molecule has 0 aliphatic carbocycles. The molecule has 0 heterocycles. The summed E-state index contributed by atoms with van der Waals surface area (Å²) in [6.07, 6.45) is 2.01. The van der Waals surface area contributed by atoms with E-state index in [1.165, 1.54) is 112 Å². The molecule has 0 aliphatic heterocycles. The first-order chi connectivity index (χ1) is 29.8. The Morgan fingerprint density at radius 2 is 0.810 bits per heavy atom. The number of nitrogens with one attached hydrogen (secondary N) is 1. The molecule has 0 saturated carbocycles. The van der Waals surface area contributed by atoms with E-state index >= 15 is 0 Å². The summed E-state index contributed by atoms with van der Waals surface area (Å²) >= 11 is 0. The van der Waals surface area contributed by atoms with Gasteiger partial charge in [-0.25, -0.2) is 0 Å². The average molecular weight is 833 g/mol. The lowest BCUT2D eigenvalue weighted by Crippen LogP contribution is -2.41. The van der Waals surface area contributed by atoms with Gasteiger partial charge in [0, 0.05) is 38.9 Å². The zero-order chi connectivity index (χ0) is 45.5. The van der Waals surface area contributed by atoms with E-state index in [1.807, 2.05) is 0 Å². The van der Waals surface area contributed by atoms with E-state index in [0.29, 0.717) is 0 Å². The molecule has 7 aromatic rings. The van der Waals surface area contributed by atoms with Gasteiger partial charge >= 0.3 is 0 Å². The molecule has 0 aromatic heterocycles. The van der Waals surface area contributed by atoms with Gasteiger partial charge in [0.15, 0.2) is 0 Å². The van der Waals surface area contributed by atoms with E-state index in [0.717, 1.165) is 18.5 Å². The first-order valence-electron chi connectivity index (χ1n) is 23.1. The van der Waals surface area contributed by atoms with Crippen LogP contribution in [0.3, 0.4) is 0 Å². The van der Waals surface area contributed by atoms with Crippen LogP contribution in [-0.4, -0.2) is 11.1 Å². The third-order valence-corrected chi connectivity index (χ3v) is 13.6. The fourth-order valence-corrected chi connectivity index (χ4v) is 10.1. The molecule has 0 aliphatic rings. The minimum absolute atomic E-state index is 0.103. The maximum atomic E-state index is 3.87. The fourth-order valence-electron chi connectivity index (χ4n) is 10.1. The highest BCUT2D eigenvalue weighted by Crippen LogP contribution is 2.45. The third-order valence-electron chi connectivity index (χ3n) is 13.6. The molecule has 0 bridgehead atoms. The van der Waals surface area contributed by atoms with Crippen LogP contribution in [0.25, 0.3) is 10.8 Å². The van der Waals surface area contributed by atoms with Gasteiger partial charge in [-0.1, -0.05) is 79.1 Å². The Labute approximate surface area is 380 Å². The monoisotopic (exact) mass is 833 g/mol. The highest BCUT2D eigenvalue weighted by atomic mass is 15.2. The minimum atomic E-state index is -0.103. The molecule has 0 atom stereocenters. The van der Waals surface area contributed by atoms with E-state index in [2.05, 4.69) is 240 Å². The molecule has 63 heavy (non-hydrogen) atoms. The van der Waals surface area contributed by atoms with Crippen molar-refractivity contribution in [2.45, 2.75) is 128 Å². The number of nitrogens with zero attached hydrogens (tertiary/aromatic N) is 2. The average Bonchev–Trinajstić information content (AvgIpc) is 3.23. The molecule has 7 aromatic carbocycles. The lowest BCUT2D eigenvalue weighted by molar-refractivity contribution is 0.486. The van der Waals surface area contributed by atoms with Crippen molar-refractivity contribution in [1.82, 2.24) is 0 Å². The van der Waals surface area contributed by atoms with Crippen molar-refractivity contribution >= 4 is 44.9 Å². The van der Waals surface area contributed by atoms with Crippen LogP contribution in [0.5, 0.6) is 0 Å². The van der Waals surface area contributed by atoms with Crippen molar-refractivity contribution in [3.8, 4) is 0 Å². The molecule has 1 N–H and O–H groups in total. The molecular weight excluding hydrogens is 763 g/mol. The lowest BCUT2D eigenvalue weighted by atomic mass is 9.82. The van der Waals surface area contributed by atoms with Crippen LogP contribution in [0.15, 0.2) is 121 Å². The first-order valence-corrected chi connectivity index (χ1v) is 23.1. The van der Waals surface area contributed by atoms with Gasteiger partial charge in [-0.2, -0.15) is 0 Å². The minimum Gasteiger partial charge on any atom is -0.354 e. The standard InChI is InChI=1S/C60H70N3/c1-16-59(12,13)62(57-43(8)34-39(4)35-44(57)9)49-26-22-47(23-27-49)55(48-24-28-50(29-25-48)63(60(14,15)17-2)58-45(10)36-40(5)37-46(58)11)53-30-31-54(52-21-19-18-20-51(52)53)61-56-41(6)32-38(3)33-42(56)7/h18-37,61H,16-17H2,1-15H3/q+1. The highest BCUT2D eigenvalue weighted by Gasteiger charge is 2.33. The van der Waals surface area contributed by atoms with Crippen molar-refractivity contribution in [1.29, 1.82) is 0 Å². The smallest absolute Gasteiger partial charge is 0.0638 e. The zero-order valence-corrected chi connectivity index (χ0v) is 40.9. The van der Waals surface area contributed by atoms with E-state index in [1.54, 1.807) is 0 Å². The Kier molecular flexibility index (Phi) is 12.7. The summed E-state index contributed by atoms with van der Waals surface area (Å²) in [5, 5.41) is 6.28. The van der Waals surface area contributed by atoms with E-state index in [-0.39, 0.29) is 11.1 Å². The Hall–Kier alpha value is -5.93. The summed E-state index contributed by atoms with van der Waals surface area (Å²) in [4.78, 5) is 5.14. The zero-order valence-electron chi connectivity index (χ0n) is 40.9. The Bertz CT molecular complexity index is 2580. The Morgan fingerprint density at radius 1 is 0.444 bits per heavy atom. The molecule has 3 heteroatoms. The predicted molar refractivity (Wildman–Crippen MR) is 276 cm³/mol. The van der Waals surface area contributed by atoms with Crippen LogP contribution in [0.1, 0.15) is 121 Å². The molecule has 0 radical (unpaired) electrons. The fraction of sp³-hybridized carbons (Fsp3) is 0.317. The van der Waals surface area contributed by atoms with Gasteiger partial charge in [-0.3, -0.25) is 0 Å². The normalized spacial score (nSPS) is 11.9. The van der Waals surface area contributed by atoms with Crippen molar-refractivity contribution < 1.29 is 0 Å². The Balaban J connectivity index is 1.41. The van der Waals surface area contributed by atoms with Gasteiger partial charge in [0.25, 0.3) is 0 Å². The summed E-state index contributed by atoms with van der Waals surface area (Å²) in [6, 6.07) is 46.1. The van der Waals surface area contributed by atoms with Crippen molar-refractivity contribution in [3.05, 3.63) is 194 Å². The van der Waals surface area contributed by atoms with E-state index in [4.69, 9.17) is 0 Å². The van der Waals surface area contributed by atoms with Crippen LogP contribution >= 0.6 is 0 Å². The van der Waals surface area contributed by atoms with Crippen LogP contribution < -0.4 is 15.1 Å². The molecule has 0 fully saturated rings. The summed E-state index contributed by atoms with van der Waals surface area (Å²) in [6.45, 7) is 34.0. The number of benzene rings is 7. The highest BCUT2D eigenvalue weighted by molar-refractivity contribution is 6.00. The van der Waals surface area contributed by atoms with E-state index < -0.39 is 0 Å². The van der Waals surface area contributed by atoms with Gasteiger partial charge in [0.1, 0.15) is 0 Å².